The molecule has 1 aromatic heterocycles. The standard InChI is InChI=1S/C40H50N6O6S/c1-5-29(4)38(46-21-20-44(40(46)49)26-32-13-16-33-12-9-19-41-35(33)23-32)39(48)43-36(22-30-10-7-6-8-11-30)37(47)27-45(25-28(2)3)53(51,52)34-17-14-31(15-18-34)24-42-50/h6-19,23-24,28-29,36-38,47,50H,5,20-22,25-27H2,1-4H3,(H,43,48)/t29-,36-,37-,38-/m0/s1. The number of aromatic nitrogens is 1. The normalized spacial score (nSPS) is 16.1. The van der Waals surface area contributed by atoms with Crippen LogP contribution in [0.15, 0.2) is 101 Å². The van der Waals surface area contributed by atoms with E-state index in [0.717, 1.165) is 22.0 Å². The van der Waals surface area contributed by atoms with Crippen molar-refractivity contribution >= 4 is 39.1 Å². The van der Waals surface area contributed by atoms with Gasteiger partial charge in [0.25, 0.3) is 0 Å². The van der Waals surface area contributed by atoms with E-state index in [4.69, 9.17) is 5.21 Å². The molecule has 3 amide bonds. The van der Waals surface area contributed by atoms with Crippen LogP contribution in [0.5, 0.6) is 0 Å². The Balaban J connectivity index is 1.37. The summed E-state index contributed by atoms with van der Waals surface area (Å²) in [5.41, 5.74) is 3.16. The molecule has 5 rings (SSSR count). The molecule has 282 valence electrons. The van der Waals surface area contributed by atoms with E-state index < -0.39 is 34.1 Å². The summed E-state index contributed by atoms with van der Waals surface area (Å²) in [5, 5.41) is 27.8. The summed E-state index contributed by atoms with van der Waals surface area (Å²) >= 11 is 0. The van der Waals surface area contributed by atoms with Crippen molar-refractivity contribution in [3.63, 3.8) is 0 Å². The monoisotopic (exact) mass is 742 g/mol. The molecule has 12 nitrogen and oxygen atoms in total. The number of nitrogens with zero attached hydrogens (tertiary/aromatic N) is 5. The second-order valence-corrected chi connectivity index (χ2v) is 16.1. The van der Waals surface area contributed by atoms with Crippen molar-refractivity contribution in [2.45, 2.75) is 70.2 Å². The van der Waals surface area contributed by atoms with Gasteiger partial charge >= 0.3 is 6.03 Å². The van der Waals surface area contributed by atoms with Gasteiger partial charge in [0.15, 0.2) is 0 Å². The number of pyridine rings is 1. The number of rotatable bonds is 17. The van der Waals surface area contributed by atoms with Gasteiger partial charge in [-0.1, -0.05) is 99.9 Å². The van der Waals surface area contributed by atoms with Crippen molar-refractivity contribution in [2.24, 2.45) is 17.0 Å². The number of benzene rings is 3. The van der Waals surface area contributed by atoms with Gasteiger partial charge in [-0.25, -0.2) is 13.2 Å². The lowest BCUT2D eigenvalue weighted by Gasteiger charge is -2.35. The quantitative estimate of drug-likeness (QED) is 0.0770. The first-order chi connectivity index (χ1) is 25.4. The molecule has 3 N–H and O–H groups in total. The summed E-state index contributed by atoms with van der Waals surface area (Å²) in [4.78, 5) is 36.1. The molecule has 0 radical (unpaired) electrons. The van der Waals surface area contributed by atoms with Crippen LogP contribution < -0.4 is 5.32 Å². The molecule has 3 aromatic carbocycles. The number of amides is 3. The van der Waals surface area contributed by atoms with Crippen molar-refractivity contribution in [1.82, 2.24) is 24.4 Å². The van der Waals surface area contributed by atoms with Gasteiger partial charge in [0.2, 0.25) is 15.9 Å². The van der Waals surface area contributed by atoms with Crippen LogP contribution in [0.3, 0.4) is 0 Å². The van der Waals surface area contributed by atoms with E-state index in [-0.39, 0.29) is 42.3 Å². The maximum absolute atomic E-state index is 14.4. The molecule has 53 heavy (non-hydrogen) atoms. The summed E-state index contributed by atoms with van der Waals surface area (Å²) in [6.07, 6.45) is 2.52. The maximum Gasteiger partial charge on any atom is 0.321 e. The van der Waals surface area contributed by atoms with E-state index >= 15 is 0 Å². The average Bonchev–Trinajstić information content (AvgIpc) is 3.49. The second kappa shape index (κ2) is 17.8. The van der Waals surface area contributed by atoms with Crippen LogP contribution in [0.4, 0.5) is 4.79 Å². The molecule has 0 saturated carbocycles. The third kappa shape index (κ3) is 9.78. The number of aliphatic hydroxyl groups is 1. The Kier molecular flexibility index (Phi) is 13.2. The lowest BCUT2D eigenvalue weighted by molar-refractivity contribution is -0.128. The summed E-state index contributed by atoms with van der Waals surface area (Å²) in [5.74, 6) is -0.663. The molecular formula is C40H50N6O6S. The van der Waals surface area contributed by atoms with Gasteiger partial charge in [0, 0.05) is 44.3 Å². The van der Waals surface area contributed by atoms with Gasteiger partial charge in [0.05, 0.1) is 28.8 Å². The van der Waals surface area contributed by atoms with Gasteiger partial charge in [-0.3, -0.25) is 9.78 Å². The molecule has 0 unspecified atom stereocenters. The van der Waals surface area contributed by atoms with Crippen molar-refractivity contribution in [2.75, 3.05) is 26.2 Å². The number of carbonyl (C=O) groups is 2. The minimum absolute atomic E-state index is 0.0259. The Morgan fingerprint density at radius 1 is 0.981 bits per heavy atom. The molecule has 4 aromatic rings. The topological polar surface area (TPSA) is 156 Å². The Labute approximate surface area is 312 Å². The van der Waals surface area contributed by atoms with Gasteiger partial charge in [0.1, 0.15) is 6.04 Å². The van der Waals surface area contributed by atoms with Crippen molar-refractivity contribution in [1.29, 1.82) is 0 Å². The van der Waals surface area contributed by atoms with Crippen LogP contribution >= 0.6 is 0 Å². The second-order valence-electron chi connectivity index (χ2n) is 14.2. The zero-order chi connectivity index (χ0) is 38.1. The van der Waals surface area contributed by atoms with Gasteiger partial charge < -0.3 is 25.4 Å². The summed E-state index contributed by atoms with van der Waals surface area (Å²) in [7, 11) is -4.06. The highest BCUT2D eigenvalue weighted by Crippen LogP contribution is 2.25. The van der Waals surface area contributed by atoms with Crippen LogP contribution in [0.1, 0.15) is 50.8 Å². The van der Waals surface area contributed by atoms with E-state index in [1.54, 1.807) is 16.0 Å². The lowest BCUT2D eigenvalue weighted by atomic mass is 9.95. The Morgan fingerprint density at radius 2 is 1.72 bits per heavy atom. The van der Waals surface area contributed by atoms with Crippen LogP contribution in [0, 0.1) is 11.8 Å². The number of urea groups is 1. The van der Waals surface area contributed by atoms with E-state index in [2.05, 4.69) is 15.5 Å². The van der Waals surface area contributed by atoms with Crippen LogP contribution in [-0.2, 0) is 27.8 Å². The first kappa shape index (κ1) is 39.4. The fraction of sp³-hybridized carbons (Fsp3) is 0.400. The summed E-state index contributed by atoms with van der Waals surface area (Å²) in [6.45, 7) is 8.74. The van der Waals surface area contributed by atoms with E-state index in [1.165, 1.54) is 34.8 Å². The molecule has 1 fully saturated rings. The highest BCUT2D eigenvalue weighted by molar-refractivity contribution is 7.89. The zero-order valence-electron chi connectivity index (χ0n) is 30.7. The Hall–Kier alpha value is -4.85. The first-order valence-corrected chi connectivity index (χ1v) is 19.5. The molecular weight excluding hydrogens is 693 g/mol. The van der Waals surface area contributed by atoms with Crippen molar-refractivity contribution < 1.29 is 28.3 Å². The van der Waals surface area contributed by atoms with Crippen molar-refractivity contribution in [3.8, 4) is 0 Å². The minimum Gasteiger partial charge on any atom is -0.411 e. The molecule has 1 aliphatic rings. The number of hydrogen-bond donors (Lipinski definition) is 3. The van der Waals surface area contributed by atoms with Crippen molar-refractivity contribution in [3.05, 3.63) is 108 Å². The Morgan fingerprint density at radius 3 is 2.40 bits per heavy atom. The highest BCUT2D eigenvalue weighted by atomic mass is 32.2. The molecule has 13 heteroatoms. The fourth-order valence-electron chi connectivity index (χ4n) is 6.74. The van der Waals surface area contributed by atoms with E-state index in [0.29, 0.717) is 31.6 Å². The number of aliphatic hydroxyl groups excluding tert-OH is 1. The zero-order valence-corrected chi connectivity index (χ0v) is 31.6. The number of nitrogens with one attached hydrogen (secondary N) is 1. The number of hydrogen-bond acceptors (Lipinski definition) is 8. The number of fused-ring (bicyclic) bond motifs is 1. The molecule has 1 saturated heterocycles. The third-order valence-electron chi connectivity index (χ3n) is 9.73. The predicted molar refractivity (Wildman–Crippen MR) is 205 cm³/mol. The molecule has 0 aliphatic carbocycles. The molecule has 0 bridgehead atoms. The minimum atomic E-state index is -4.06. The molecule has 0 spiro atoms. The SMILES string of the molecule is CC[C@H](C)[C@@H](C(=O)N[C@@H](Cc1ccccc1)[C@@H](O)CN(CC(C)C)S(=O)(=O)c1ccc(C=NO)cc1)N1CCN(Cc2ccc3cccnc3c2)C1=O. The highest BCUT2D eigenvalue weighted by Gasteiger charge is 2.41. The lowest BCUT2D eigenvalue weighted by Crippen LogP contribution is -2.57. The summed E-state index contributed by atoms with van der Waals surface area (Å²) < 4.78 is 29.1. The molecule has 2 heterocycles. The maximum atomic E-state index is 14.4. The summed E-state index contributed by atoms with van der Waals surface area (Å²) in [6, 6.07) is 23.2. The molecule has 4 atom stereocenters. The fourth-order valence-corrected chi connectivity index (χ4v) is 8.36. The van der Waals surface area contributed by atoms with E-state index in [9.17, 15) is 23.1 Å². The van der Waals surface area contributed by atoms with E-state index in [1.807, 2.05) is 88.4 Å². The van der Waals surface area contributed by atoms with Crippen LogP contribution in [0.25, 0.3) is 10.9 Å². The smallest absolute Gasteiger partial charge is 0.321 e. The van der Waals surface area contributed by atoms with Crippen LogP contribution in [0.2, 0.25) is 0 Å². The average molecular weight is 743 g/mol. The number of carbonyl (C=O) groups excluding carboxylic acids is 2. The third-order valence-corrected chi connectivity index (χ3v) is 11.6. The van der Waals surface area contributed by atoms with Gasteiger partial charge in [-0.15, -0.1) is 0 Å². The molecule has 1 aliphatic heterocycles. The number of sulfonamides is 1. The first-order valence-electron chi connectivity index (χ1n) is 18.1. The largest absolute Gasteiger partial charge is 0.411 e. The Bertz CT molecular complexity index is 1970. The number of oxime groups is 1. The van der Waals surface area contributed by atoms with Gasteiger partial charge in [-0.05, 0) is 59.2 Å². The predicted octanol–water partition coefficient (Wildman–Crippen LogP) is 5.13. The van der Waals surface area contributed by atoms with Crippen LogP contribution in [-0.4, -0.2) is 100 Å². The van der Waals surface area contributed by atoms with Gasteiger partial charge in [-0.2, -0.15) is 4.31 Å².